The van der Waals surface area contributed by atoms with Gasteiger partial charge >= 0.3 is 0 Å². The van der Waals surface area contributed by atoms with Crippen molar-refractivity contribution < 1.29 is 43.4 Å². The van der Waals surface area contributed by atoms with E-state index in [0.29, 0.717) is 37.6 Å². The zero-order valence-electron chi connectivity index (χ0n) is 29.2. The van der Waals surface area contributed by atoms with Crippen LogP contribution in [0.2, 0.25) is 0 Å². The molecule has 9 nitrogen and oxygen atoms in total. The van der Waals surface area contributed by atoms with E-state index in [0.717, 1.165) is 77.0 Å². The molecule has 9 heteroatoms. The van der Waals surface area contributed by atoms with Crippen LogP contribution in [0.15, 0.2) is 60.7 Å². The highest BCUT2D eigenvalue weighted by atomic mass is 16.9. The fourth-order valence-electron chi connectivity index (χ4n) is 7.53. The minimum Gasteiger partial charge on any atom is -0.454 e. The highest BCUT2D eigenvalue weighted by Crippen LogP contribution is 2.62. The normalized spacial score (nSPS) is 31.5. The molecule has 0 saturated carbocycles. The highest BCUT2D eigenvalue weighted by molar-refractivity contribution is 5.27. The third kappa shape index (κ3) is 8.46. The second kappa shape index (κ2) is 17.3. The Bertz CT molecular complexity index is 1140. The van der Waals surface area contributed by atoms with E-state index >= 15 is 0 Å². The molecule has 0 bridgehead atoms. The number of rotatable bonds is 26. The van der Waals surface area contributed by atoms with Crippen molar-refractivity contribution in [3.8, 4) is 11.5 Å². The van der Waals surface area contributed by atoms with Crippen LogP contribution >= 0.6 is 0 Å². The molecule has 0 radical (unpaired) electrons. The van der Waals surface area contributed by atoms with Crippen molar-refractivity contribution in [3.05, 3.63) is 60.7 Å². The number of unbranched alkanes of at least 4 members (excludes halogenated alkanes) is 12. The average Bonchev–Trinajstić information content (AvgIpc) is 3.98. The lowest BCUT2D eigenvalue weighted by molar-refractivity contribution is -0.483. The number of hydrogen-bond acceptors (Lipinski definition) is 9. The maximum absolute atomic E-state index is 9.04. The summed E-state index contributed by atoms with van der Waals surface area (Å²) in [4.78, 5) is 0. The highest BCUT2D eigenvalue weighted by Gasteiger charge is 2.83. The van der Waals surface area contributed by atoms with Gasteiger partial charge in [0.05, 0.1) is 13.2 Å². The molecule has 0 aliphatic carbocycles. The van der Waals surface area contributed by atoms with E-state index in [1.807, 2.05) is 60.7 Å². The molecule has 4 aliphatic heterocycles. The van der Waals surface area contributed by atoms with Gasteiger partial charge in [0.2, 0.25) is 11.6 Å². The minimum absolute atomic E-state index is 0.182. The standard InChI is InChI=1S/C40H58O9/c41-29-19-9-5-1-3-7-17-25-35-39(47-35,45-33-21-13-11-14-22-33)37(27-31-43-37)49-38(28-32-44-38)40(46-34-23-15-12-16-24-34)36(48-40)26-18-8-4-2-6-10-20-30-42/h11-16,21-24,35-36,41-42H,1-10,17-20,25-32H2. The SMILES string of the molecule is OCCCCCCCCCC1OC1(Oc1ccccc1)C1(OC2(C3(Oc4ccccc4)OC3CCCCCCCCCO)CCO2)CCO1. The van der Waals surface area contributed by atoms with Gasteiger partial charge in [-0.25, -0.2) is 0 Å². The second-order valence-corrected chi connectivity index (χ2v) is 14.2. The van der Waals surface area contributed by atoms with E-state index in [1.54, 1.807) is 0 Å². The number of para-hydroxylation sites is 2. The van der Waals surface area contributed by atoms with Crippen LogP contribution in [-0.4, -0.2) is 72.0 Å². The zero-order chi connectivity index (χ0) is 33.9. The molecular formula is C40H58O9. The summed E-state index contributed by atoms with van der Waals surface area (Å²) in [7, 11) is 0. The van der Waals surface area contributed by atoms with Gasteiger partial charge in [-0.2, -0.15) is 0 Å². The van der Waals surface area contributed by atoms with Gasteiger partial charge in [-0.05, 0) is 49.9 Å². The summed E-state index contributed by atoms with van der Waals surface area (Å²) in [6, 6.07) is 19.6. The van der Waals surface area contributed by atoms with Crippen molar-refractivity contribution in [2.24, 2.45) is 0 Å². The average molecular weight is 683 g/mol. The molecule has 4 fully saturated rings. The van der Waals surface area contributed by atoms with Gasteiger partial charge in [0.15, 0.2) is 0 Å². The van der Waals surface area contributed by atoms with Crippen molar-refractivity contribution >= 4 is 0 Å². The van der Waals surface area contributed by atoms with Gasteiger partial charge in [0.1, 0.15) is 23.7 Å². The zero-order valence-corrected chi connectivity index (χ0v) is 29.2. The van der Waals surface area contributed by atoms with Crippen LogP contribution in [-0.2, 0) is 23.7 Å². The number of aliphatic hydroxyl groups is 2. The molecule has 4 heterocycles. The van der Waals surface area contributed by atoms with Crippen molar-refractivity contribution in [2.75, 3.05) is 26.4 Å². The van der Waals surface area contributed by atoms with Gasteiger partial charge in [0, 0.05) is 26.1 Å². The molecule has 0 aromatic heterocycles. The lowest BCUT2D eigenvalue weighted by atomic mass is 9.91. The summed E-state index contributed by atoms with van der Waals surface area (Å²) in [6.45, 7) is 1.63. The summed E-state index contributed by atoms with van der Waals surface area (Å²) < 4.78 is 46.5. The molecule has 6 atom stereocenters. The molecule has 6 rings (SSSR count). The molecule has 4 aliphatic rings. The van der Waals surface area contributed by atoms with Crippen molar-refractivity contribution in [2.45, 2.75) is 151 Å². The van der Waals surface area contributed by atoms with Crippen LogP contribution in [0.4, 0.5) is 0 Å². The number of hydrogen-bond donors (Lipinski definition) is 2. The molecule has 2 aromatic rings. The van der Waals surface area contributed by atoms with E-state index in [4.69, 9.17) is 43.4 Å². The summed E-state index contributed by atoms with van der Waals surface area (Å²) in [5, 5.41) is 18.1. The van der Waals surface area contributed by atoms with E-state index in [1.165, 1.54) is 25.7 Å². The van der Waals surface area contributed by atoms with Gasteiger partial charge in [-0.15, -0.1) is 0 Å². The Kier molecular flexibility index (Phi) is 12.9. The third-order valence-corrected chi connectivity index (χ3v) is 10.6. The first kappa shape index (κ1) is 36.5. The first-order valence-corrected chi connectivity index (χ1v) is 19.1. The second-order valence-electron chi connectivity index (χ2n) is 14.2. The maximum Gasteiger partial charge on any atom is 0.292 e. The predicted molar refractivity (Wildman–Crippen MR) is 185 cm³/mol. The van der Waals surface area contributed by atoms with Gasteiger partial charge in [-0.3, -0.25) is 0 Å². The topological polar surface area (TPSA) is 112 Å². The van der Waals surface area contributed by atoms with E-state index in [2.05, 4.69) is 0 Å². The van der Waals surface area contributed by atoms with Crippen LogP contribution in [0.5, 0.6) is 11.5 Å². The number of epoxide rings is 2. The Balaban J connectivity index is 1.14. The molecule has 272 valence electrons. The summed E-state index contributed by atoms with van der Waals surface area (Å²) >= 11 is 0. The van der Waals surface area contributed by atoms with Crippen molar-refractivity contribution in [1.29, 1.82) is 0 Å². The first-order chi connectivity index (χ1) is 24.1. The van der Waals surface area contributed by atoms with Gasteiger partial charge < -0.3 is 43.4 Å². The largest absolute Gasteiger partial charge is 0.454 e. The third-order valence-electron chi connectivity index (χ3n) is 10.6. The summed E-state index contributed by atoms with van der Waals surface area (Å²) in [5.74, 6) is -3.12. The smallest absolute Gasteiger partial charge is 0.292 e. The van der Waals surface area contributed by atoms with Crippen LogP contribution < -0.4 is 9.47 Å². The Morgan fingerprint density at radius 2 is 0.857 bits per heavy atom. The van der Waals surface area contributed by atoms with Crippen LogP contribution in [0, 0.1) is 0 Å². The van der Waals surface area contributed by atoms with Gasteiger partial charge in [0.25, 0.3) is 11.6 Å². The molecule has 4 saturated heterocycles. The molecule has 2 N–H and O–H groups in total. The number of aliphatic hydroxyl groups excluding tert-OH is 2. The lowest BCUT2D eigenvalue weighted by Crippen LogP contribution is -2.71. The molecule has 2 aromatic carbocycles. The fourth-order valence-corrected chi connectivity index (χ4v) is 7.53. The van der Waals surface area contributed by atoms with Crippen LogP contribution in [0.3, 0.4) is 0 Å². The fraction of sp³-hybridized carbons (Fsp3) is 0.700. The monoisotopic (exact) mass is 682 g/mol. The van der Waals surface area contributed by atoms with E-state index in [9.17, 15) is 0 Å². The van der Waals surface area contributed by atoms with E-state index < -0.39 is 23.1 Å². The summed E-state index contributed by atoms with van der Waals surface area (Å²) in [6.07, 6.45) is 17.8. The Labute approximate surface area is 292 Å². The Hall–Kier alpha value is -2.24. The van der Waals surface area contributed by atoms with Crippen molar-refractivity contribution in [1.82, 2.24) is 0 Å². The molecule has 0 spiro atoms. The summed E-state index contributed by atoms with van der Waals surface area (Å²) in [5.41, 5.74) is 0. The number of ether oxygens (including phenoxy) is 7. The quantitative estimate of drug-likeness (QED) is 0.0758. The van der Waals surface area contributed by atoms with Crippen LogP contribution in [0.1, 0.15) is 116 Å². The Morgan fingerprint density at radius 1 is 0.510 bits per heavy atom. The molecular weight excluding hydrogens is 624 g/mol. The first-order valence-electron chi connectivity index (χ1n) is 19.1. The lowest BCUT2D eigenvalue weighted by Gasteiger charge is -2.54. The van der Waals surface area contributed by atoms with Crippen molar-refractivity contribution in [3.63, 3.8) is 0 Å². The number of benzene rings is 2. The predicted octanol–water partition coefficient (Wildman–Crippen LogP) is 7.81. The molecule has 6 unspecified atom stereocenters. The van der Waals surface area contributed by atoms with Crippen LogP contribution in [0.25, 0.3) is 0 Å². The molecule has 49 heavy (non-hydrogen) atoms. The maximum atomic E-state index is 9.04. The Morgan fingerprint density at radius 3 is 1.18 bits per heavy atom. The van der Waals surface area contributed by atoms with E-state index in [-0.39, 0.29) is 25.4 Å². The van der Waals surface area contributed by atoms with Gasteiger partial charge in [-0.1, -0.05) is 113 Å². The molecule has 0 amide bonds. The minimum atomic E-state index is -1.17.